The molecular weight excluding hydrogens is 585 g/mol. The van der Waals surface area contributed by atoms with E-state index in [-0.39, 0.29) is 25.2 Å². The van der Waals surface area contributed by atoms with Crippen LogP contribution in [0.1, 0.15) is 38.2 Å². The Morgan fingerprint density at radius 3 is 2.59 bits per heavy atom. The van der Waals surface area contributed by atoms with Crippen molar-refractivity contribution in [3.8, 4) is 0 Å². The third-order valence-corrected chi connectivity index (χ3v) is 8.77. The van der Waals surface area contributed by atoms with Gasteiger partial charge < -0.3 is 26.0 Å². The van der Waals surface area contributed by atoms with Crippen LogP contribution in [0, 0.1) is 5.41 Å². The van der Waals surface area contributed by atoms with Crippen molar-refractivity contribution in [2.45, 2.75) is 63.1 Å². The van der Waals surface area contributed by atoms with Crippen molar-refractivity contribution < 1.29 is 32.3 Å². The summed E-state index contributed by atoms with van der Waals surface area (Å²) in [5, 5.41) is 12.4. The van der Waals surface area contributed by atoms with Crippen molar-refractivity contribution in [2.24, 2.45) is 16.3 Å². The van der Waals surface area contributed by atoms with Crippen LogP contribution in [0.3, 0.4) is 0 Å². The Hall–Kier alpha value is -2.94. The number of amides is 3. The van der Waals surface area contributed by atoms with E-state index in [2.05, 4.69) is 15.7 Å². The number of hydrogen-bond donors (Lipinski definition) is 3. The van der Waals surface area contributed by atoms with Crippen LogP contribution in [0.4, 0.5) is 13.2 Å². The predicted molar refractivity (Wildman–Crippen MR) is 148 cm³/mol. The molecule has 10 nitrogen and oxygen atoms in total. The number of dihydropyridines is 1. The summed E-state index contributed by atoms with van der Waals surface area (Å²) in [4.78, 5) is 43.0. The molecular formula is C26H32ClF3N6O4S. The van der Waals surface area contributed by atoms with Crippen LogP contribution in [0.2, 0.25) is 5.02 Å². The highest BCUT2D eigenvalue weighted by atomic mass is 35.5. The van der Waals surface area contributed by atoms with Gasteiger partial charge in [0, 0.05) is 36.9 Å². The van der Waals surface area contributed by atoms with E-state index in [1.165, 1.54) is 37.2 Å². The number of piperidine rings is 1. The lowest BCUT2D eigenvalue weighted by Crippen LogP contribution is -2.65. The first-order valence-corrected chi connectivity index (χ1v) is 14.1. The molecule has 0 spiro atoms. The van der Waals surface area contributed by atoms with Gasteiger partial charge in [-0.1, -0.05) is 23.8 Å². The van der Waals surface area contributed by atoms with Crippen molar-refractivity contribution >= 4 is 46.4 Å². The van der Waals surface area contributed by atoms with Gasteiger partial charge in [0.2, 0.25) is 11.8 Å². The van der Waals surface area contributed by atoms with E-state index in [0.29, 0.717) is 14.9 Å². The number of nitrogens with zero attached hydrogens (tertiary/aromatic N) is 3. The maximum Gasteiger partial charge on any atom is 0.410 e. The Balaban J connectivity index is 1.73. The number of carbonyl (C=O) groups is 3. The molecule has 224 valence electrons. The first kappa shape index (κ1) is 31.0. The molecule has 15 heteroatoms. The minimum absolute atomic E-state index is 0.0415. The zero-order valence-corrected chi connectivity index (χ0v) is 24.4. The number of thiophene rings is 1. The third-order valence-electron chi connectivity index (χ3n) is 7.42. The standard InChI is InChI=1S/C26H32ClF3N6O4S/c1-14(26(28,29)30)36-23(39)25(17-7-5-6-9-32-17)13-35(10-8-18(25)34-36)21(37)19(33-22(38)24(2,3)31)20(40-4)16-11-15(27)12-41-16/h5-7,9,11-12,14,17,19-20,32H,8,10,13,31H2,1-4H3,(H,33,38)/t14-,17?,19?,20?,25-/m1/s1. The highest BCUT2D eigenvalue weighted by Gasteiger charge is 2.61. The lowest BCUT2D eigenvalue weighted by atomic mass is 9.71. The van der Waals surface area contributed by atoms with Gasteiger partial charge >= 0.3 is 6.18 Å². The number of nitrogens with two attached hydrogens (primary N) is 1. The Morgan fingerprint density at radius 2 is 2.05 bits per heavy atom. The summed E-state index contributed by atoms with van der Waals surface area (Å²) in [5.41, 5.74) is 3.30. The molecule has 3 amide bonds. The number of nitrogens with one attached hydrogen (secondary N) is 2. The van der Waals surface area contributed by atoms with Crippen molar-refractivity contribution in [1.82, 2.24) is 20.5 Å². The number of halogens is 4. The molecule has 3 unspecified atom stereocenters. The lowest BCUT2D eigenvalue weighted by molar-refractivity contribution is -0.187. The number of hydrazone groups is 1. The number of hydrogen-bond acceptors (Lipinski definition) is 8. The molecule has 3 aliphatic rings. The summed E-state index contributed by atoms with van der Waals surface area (Å²) in [6, 6.07) is -2.61. The van der Waals surface area contributed by atoms with E-state index in [0.717, 1.165) is 6.92 Å². The highest BCUT2D eigenvalue weighted by Crippen LogP contribution is 2.43. The molecule has 4 N–H and O–H groups in total. The van der Waals surface area contributed by atoms with E-state index in [1.807, 2.05) is 0 Å². The number of methoxy groups -OCH3 is 1. The Bertz CT molecular complexity index is 1290. The van der Waals surface area contributed by atoms with E-state index < -0.39 is 59.1 Å². The Morgan fingerprint density at radius 1 is 1.34 bits per heavy atom. The molecule has 0 bridgehead atoms. The molecule has 0 aliphatic carbocycles. The van der Waals surface area contributed by atoms with Crippen molar-refractivity contribution in [3.05, 3.63) is 45.8 Å². The zero-order valence-electron chi connectivity index (χ0n) is 22.9. The first-order chi connectivity index (χ1) is 19.1. The molecule has 1 aromatic rings. The largest absolute Gasteiger partial charge is 0.410 e. The average molecular weight is 617 g/mol. The fourth-order valence-corrected chi connectivity index (χ4v) is 6.28. The highest BCUT2D eigenvalue weighted by molar-refractivity contribution is 7.10. The van der Waals surface area contributed by atoms with Gasteiger partial charge in [-0.15, -0.1) is 11.3 Å². The maximum atomic E-state index is 14.2. The number of ether oxygens (including phenoxy) is 1. The number of rotatable bonds is 8. The average Bonchev–Trinajstić information content (AvgIpc) is 3.47. The molecule has 0 radical (unpaired) electrons. The van der Waals surface area contributed by atoms with Gasteiger partial charge in [0.25, 0.3) is 5.91 Å². The molecule has 5 atom stereocenters. The van der Waals surface area contributed by atoms with Crippen molar-refractivity contribution in [2.75, 3.05) is 20.2 Å². The van der Waals surface area contributed by atoms with E-state index in [4.69, 9.17) is 22.1 Å². The van der Waals surface area contributed by atoms with Crippen LogP contribution in [0.15, 0.2) is 41.0 Å². The summed E-state index contributed by atoms with van der Waals surface area (Å²) in [6.45, 7) is 3.60. The summed E-state index contributed by atoms with van der Waals surface area (Å²) in [7, 11) is 1.38. The minimum atomic E-state index is -4.71. The zero-order chi connectivity index (χ0) is 30.3. The van der Waals surface area contributed by atoms with Gasteiger partial charge in [0.15, 0.2) is 0 Å². The van der Waals surface area contributed by atoms with Gasteiger partial charge in [0.05, 0.1) is 22.3 Å². The molecule has 1 aromatic heterocycles. The second kappa shape index (κ2) is 11.4. The Kier molecular flexibility index (Phi) is 8.61. The summed E-state index contributed by atoms with van der Waals surface area (Å²) < 4.78 is 46.8. The number of carbonyl (C=O) groups excluding carboxylic acids is 3. The maximum absolute atomic E-state index is 14.2. The van der Waals surface area contributed by atoms with E-state index in [9.17, 15) is 27.6 Å². The fraction of sp³-hybridized carbons (Fsp3) is 0.538. The van der Waals surface area contributed by atoms with Gasteiger partial charge in [0.1, 0.15) is 23.6 Å². The van der Waals surface area contributed by atoms with Gasteiger partial charge in [-0.25, -0.2) is 5.01 Å². The topological polar surface area (TPSA) is 129 Å². The first-order valence-electron chi connectivity index (χ1n) is 12.8. The predicted octanol–water partition coefficient (Wildman–Crippen LogP) is 2.72. The second-order valence-corrected chi connectivity index (χ2v) is 12.2. The van der Waals surface area contributed by atoms with Crippen LogP contribution in [0.5, 0.6) is 0 Å². The minimum Gasteiger partial charge on any atom is -0.383 e. The van der Waals surface area contributed by atoms with Crippen molar-refractivity contribution in [3.63, 3.8) is 0 Å². The summed E-state index contributed by atoms with van der Waals surface area (Å²) in [6.07, 6.45) is 0.956. The van der Waals surface area contributed by atoms with Gasteiger partial charge in [-0.05, 0) is 39.1 Å². The molecule has 0 aromatic carbocycles. The fourth-order valence-electron chi connectivity index (χ4n) is 5.08. The van der Waals surface area contributed by atoms with E-state index >= 15 is 0 Å². The Labute approximate surface area is 244 Å². The molecule has 4 heterocycles. The number of fused-ring (bicyclic) bond motifs is 1. The molecule has 41 heavy (non-hydrogen) atoms. The number of allylic oxidation sites excluding steroid dienone is 2. The number of alkyl halides is 3. The molecule has 3 aliphatic heterocycles. The van der Waals surface area contributed by atoms with E-state index in [1.54, 1.807) is 35.9 Å². The summed E-state index contributed by atoms with van der Waals surface area (Å²) >= 11 is 7.35. The quantitative estimate of drug-likeness (QED) is 0.412. The van der Waals surface area contributed by atoms with Crippen molar-refractivity contribution in [1.29, 1.82) is 0 Å². The van der Waals surface area contributed by atoms with Crippen LogP contribution in [0.25, 0.3) is 0 Å². The smallest absolute Gasteiger partial charge is 0.383 e. The number of likely N-dealkylation sites (tertiary alicyclic amines) is 1. The summed E-state index contributed by atoms with van der Waals surface area (Å²) in [5.74, 6) is -2.09. The lowest BCUT2D eigenvalue weighted by Gasteiger charge is -2.45. The third kappa shape index (κ3) is 5.87. The molecule has 1 saturated heterocycles. The van der Waals surface area contributed by atoms with Gasteiger partial charge in [-0.3, -0.25) is 14.4 Å². The monoisotopic (exact) mass is 616 g/mol. The van der Waals surface area contributed by atoms with Crippen LogP contribution < -0.4 is 16.4 Å². The molecule has 1 fully saturated rings. The SMILES string of the molecule is COC(c1cc(Cl)cs1)C(NC(=O)C(C)(C)N)C(=O)N1CCC2=NN([C@H](C)C(F)(F)F)C(=O)[C@@]2(C2C=CC=CN2)C1. The normalized spacial score (nSPS) is 24.9. The molecule has 4 rings (SSSR count). The molecule has 0 saturated carbocycles. The van der Waals surface area contributed by atoms with Crippen LogP contribution >= 0.6 is 22.9 Å². The second-order valence-electron chi connectivity index (χ2n) is 10.8. The van der Waals surface area contributed by atoms with Gasteiger partial charge in [-0.2, -0.15) is 18.3 Å². The van der Waals surface area contributed by atoms with Crippen LogP contribution in [-0.2, 0) is 19.1 Å². The van der Waals surface area contributed by atoms with Crippen LogP contribution in [-0.4, -0.2) is 83.4 Å².